The fourth-order valence-corrected chi connectivity index (χ4v) is 1.90. The summed E-state index contributed by atoms with van der Waals surface area (Å²) >= 11 is 5.95. The van der Waals surface area contributed by atoms with Crippen LogP contribution in [0.1, 0.15) is 10.4 Å². The summed E-state index contributed by atoms with van der Waals surface area (Å²) in [5, 5.41) is 2.93. The Balaban J connectivity index is 2.28. The van der Waals surface area contributed by atoms with Gasteiger partial charge in [-0.1, -0.05) is 11.6 Å². The van der Waals surface area contributed by atoms with Crippen LogP contribution in [0.5, 0.6) is 11.5 Å². The summed E-state index contributed by atoms with van der Waals surface area (Å²) in [5.74, 6) is 0.937. The minimum atomic E-state index is -0.399. The van der Waals surface area contributed by atoms with E-state index in [2.05, 4.69) is 10.3 Å². The lowest BCUT2D eigenvalue weighted by Gasteiger charge is -2.10. The number of nitrogens with two attached hydrogens (primary N) is 1. The molecule has 0 saturated heterocycles. The van der Waals surface area contributed by atoms with Crippen molar-refractivity contribution in [2.24, 2.45) is 0 Å². The van der Waals surface area contributed by atoms with Crippen molar-refractivity contribution in [3.63, 3.8) is 0 Å². The Labute approximate surface area is 126 Å². The molecule has 0 aliphatic carbocycles. The number of rotatable bonds is 4. The molecule has 0 fully saturated rings. The molecule has 0 aliphatic heterocycles. The smallest absolute Gasteiger partial charge is 0.257 e. The lowest BCUT2D eigenvalue weighted by Crippen LogP contribution is -2.13. The Kier molecular flexibility index (Phi) is 4.49. The third-order valence-corrected chi connectivity index (χ3v) is 3.03. The van der Waals surface area contributed by atoms with E-state index in [1.807, 2.05) is 0 Å². The van der Waals surface area contributed by atoms with E-state index in [9.17, 15) is 4.79 Å². The van der Waals surface area contributed by atoms with Gasteiger partial charge in [-0.25, -0.2) is 4.98 Å². The van der Waals surface area contributed by atoms with Crippen LogP contribution in [0.2, 0.25) is 5.02 Å². The molecule has 1 aromatic heterocycles. The summed E-state index contributed by atoms with van der Waals surface area (Å²) in [4.78, 5) is 16.0. The summed E-state index contributed by atoms with van der Waals surface area (Å²) < 4.78 is 10.3. The van der Waals surface area contributed by atoms with Gasteiger partial charge in [-0.15, -0.1) is 0 Å². The molecule has 3 N–H and O–H groups in total. The van der Waals surface area contributed by atoms with Crippen molar-refractivity contribution in [3.8, 4) is 11.5 Å². The zero-order chi connectivity index (χ0) is 15.4. The molecule has 6 nitrogen and oxygen atoms in total. The van der Waals surface area contributed by atoms with Crippen LogP contribution in [0, 0.1) is 0 Å². The SMILES string of the molecule is COc1cc(NC(=O)c2cc(N)ncc2Cl)cc(OC)c1. The molecule has 2 aromatic rings. The van der Waals surface area contributed by atoms with Gasteiger partial charge < -0.3 is 20.5 Å². The molecule has 1 amide bonds. The largest absolute Gasteiger partial charge is 0.497 e. The second-order valence-electron chi connectivity index (χ2n) is 4.14. The number of methoxy groups -OCH3 is 2. The molecule has 1 heterocycles. The zero-order valence-electron chi connectivity index (χ0n) is 11.5. The molecule has 0 unspecified atom stereocenters. The van der Waals surface area contributed by atoms with Crippen LogP contribution in [-0.4, -0.2) is 25.1 Å². The van der Waals surface area contributed by atoms with Crippen LogP contribution in [-0.2, 0) is 0 Å². The average molecular weight is 308 g/mol. The molecule has 0 aliphatic rings. The molecule has 110 valence electrons. The first-order valence-corrected chi connectivity index (χ1v) is 6.36. The number of nitrogens with one attached hydrogen (secondary N) is 1. The molecular weight excluding hydrogens is 294 g/mol. The summed E-state index contributed by atoms with van der Waals surface area (Å²) in [6, 6.07) is 6.44. The average Bonchev–Trinajstić information content (AvgIpc) is 2.49. The summed E-state index contributed by atoms with van der Waals surface area (Å²) in [7, 11) is 3.06. The van der Waals surface area contributed by atoms with E-state index < -0.39 is 5.91 Å². The van der Waals surface area contributed by atoms with E-state index in [1.165, 1.54) is 26.5 Å². The van der Waals surface area contributed by atoms with E-state index >= 15 is 0 Å². The van der Waals surface area contributed by atoms with Gasteiger partial charge in [-0.2, -0.15) is 0 Å². The van der Waals surface area contributed by atoms with Crippen molar-refractivity contribution in [2.45, 2.75) is 0 Å². The maximum atomic E-state index is 12.2. The number of nitrogen functional groups attached to an aromatic ring is 1. The van der Waals surface area contributed by atoms with Crippen molar-refractivity contribution in [2.75, 3.05) is 25.3 Å². The van der Waals surface area contributed by atoms with Gasteiger partial charge in [-0.05, 0) is 6.07 Å². The van der Waals surface area contributed by atoms with E-state index in [0.29, 0.717) is 17.2 Å². The number of anilines is 2. The number of ether oxygens (including phenoxy) is 2. The highest BCUT2D eigenvalue weighted by atomic mass is 35.5. The van der Waals surface area contributed by atoms with Crippen LogP contribution in [0.3, 0.4) is 0 Å². The van der Waals surface area contributed by atoms with Gasteiger partial charge in [0.05, 0.1) is 24.8 Å². The minimum absolute atomic E-state index is 0.216. The summed E-state index contributed by atoms with van der Waals surface area (Å²) in [6.45, 7) is 0. The van der Waals surface area contributed by atoms with Crippen molar-refractivity contribution in [1.29, 1.82) is 0 Å². The number of pyridine rings is 1. The first-order valence-electron chi connectivity index (χ1n) is 5.99. The van der Waals surface area contributed by atoms with Gasteiger partial charge in [0, 0.05) is 30.1 Å². The molecule has 0 saturated carbocycles. The van der Waals surface area contributed by atoms with Crippen LogP contribution < -0.4 is 20.5 Å². The van der Waals surface area contributed by atoms with Crippen LogP contribution in [0.25, 0.3) is 0 Å². The zero-order valence-corrected chi connectivity index (χ0v) is 12.3. The van der Waals surface area contributed by atoms with E-state index in [0.717, 1.165) is 0 Å². The molecule has 0 spiro atoms. The minimum Gasteiger partial charge on any atom is -0.497 e. The van der Waals surface area contributed by atoms with Gasteiger partial charge in [0.15, 0.2) is 0 Å². The van der Waals surface area contributed by atoms with Crippen molar-refractivity contribution in [1.82, 2.24) is 4.98 Å². The maximum absolute atomic E-state index is 12.2. The number of halogens is 1. The van der Waals surface area contributed by atoms with Gasteiger partial charge in [0.25, 0.3) is 5.91 Å². The topological polar surface area (TPSA) is 86.5 Å². The first-order chi connectivity index (χ1) is 10.0. The monoisotopic (exact) mass is 307 g/mol. The number of amides is 1. The number of nitrogens with zero attached hydrogens (tertiary/aromatic N) is 1. The lowest BCUT2D eigenvalue weighted by atomic mass is 10.2. The standard InChI is InChI=1S/C14H14ClN3O3/c1-20-9-3-8(4-10(5-9)21-2)18-14(19)11-6-13(16)17-7-12(11)15/h3-7H,1-2H3,(H2,16,17)(H,18,19). The summed E-state index contributed by atoms with van der Waals surface area (Å²) in [6.07, 6.45) is 1.33. The Morgan fingerprint density at radius 2 is 1.81 bits per heavy atom. The van der Waals surface area contributed by atoms with Gasteiger partial charge in [0.1, 0.15) is 17.3 Å². The normalized spacial score (nSPS) is 10.0. The first kappa shape index (κ1) is 14.9. The highest BCUT2D eigenvalue weighted by molar-refractivity contribution is 6.34. The molecule has 1 aromatic carbocycles. The van der Waals surface area contributed by atoms with Gasteiger partial charge in [0.2, 0.25) is 0 Å². The van der Waals surface area contributed by atoms with Crippen LogP contribution >= 0.6 is 11.6 Å². The molecule has 0 bridgehead atoms. The highest BCUT2D eigenvalue weighted by Gasteiger charge is 2.13. The molecule has 0 atom stereocenters. The number of benzene rings is 1. The number of carbonyl (C=O) groups is 1. The predicted molar refractivity (Wildman–Crippen MR) is 81.2 cm³/mol. The van der Waals surface area contributed by atoms with Crippen LogP contribution in [0.4, 0.5) is 11.5 Å². The summed E-state index contributed by atoms with van der Waals surface area (Å²) in [5.41, 5.74) is 6.32. The highest BCUT2D eigenvalue weighted by Crippen LogP contribution is 2.26. The van der Waals surface area contributed by atoms with Crippen molar-refractivity contribution < 1.29 is 14.3 Å². The van der Waals surface area contributed by atoms with Gasteiger partial charge in [-0.3, -0.25) is 4.79 Å². The number of hydrogen-bond donors (Lipinski definition) is 2. The fourth-order valence-electron chi connectivity index (χ4n) is 1.71. The van der Waals surface area contributed by atoms with Gasteiger partial charge >= 0.3 is 0 Å². The van der Waals surface area contributed by atoms with E-state index in [1.54, 1.807) is 18.2 Å². The molecule has 0 radical (unpaired) electrons. The van der Waals surface area contributed by atoms with Crippen LogP contribution in [0.15, 0.2) is 30.5 Å². The Bertz CT molecular complexity index is 654. The number of hydrogen-bond acceptors (Lipinski definition) is 5. The molecular formula is C14H14ClN3O3. The van der Waals surface area contributed by atoms with Crippen molar-refractivity contribution in [3.05, 3.63) is 41.0 Å². The van der Waals surface area contributed by atoms with E-state index in [-0.39, 0.29) is 16.4 Å². The third-order valence-electron chi connectivity index (χ3n) is 2.73. The predicted octanol–water partition coefficient (Wildman–Crippen LogP) is 2.59. The number of carbonyl (C=O) groups excluding carboxylic acids is 1. The second kappa shape index (κ2) is 6.32. The Hall–Kier alpha value is -2.47. The van der Waals surface area contributed by atoms with Crippen molar-refractivity contribution >= 4 is 29.0 Å². The molecule has 21 heavy (non-hydrogen) atoms. The lowest BCUT2D eigenvalue weighted by molar-refractivity contribution is 0.102. The maximum Gasteiger partial charge on any atom is 0.257 e. The number of aromatic nitrogens is 1. The third kappa shape index (κ3) is 3.55. The molecule has 7 heteroatoms. The fraction of sp³-hybridized carbons (Fsp3) is 0.143. The Morgan fingerprint density at radius 3 is 2.38 bits per heavy atom. The second-order valence-corrected chi connectivity index (χ2v) is 4.55. The van der Waals surface area contributed by atoms with E-state index in [4.69, 9.17) is 26.8 Å². The quantitative estimate of drug-likeness (QED) is 0.906. The molecule has 2 rings (SSSR count). The Morgan fingerprint density at radius 1 is 1.19 bits per heavy atom.